The van der Waals surface area contributed by atoms with E-state index in [4.69, 9.17) is 0 Å². The second kappa shape index (κ2) is 25.3. The third-order valence-corrected chi connectivity index (χ3v) is 22.8. The Hall–Kier alpha value is -9.64. The first kappa shape index (κ1) is 67.0. The number of nitrogens with zero attached hydrogens (tertiary/aromatic N) is 4. The van der Waals surface area contributed by atoms with Crippen LogP contribution in [0.15, 0.2) is 219 Å². The molecule has 0 spiro atoms. The lowest BCUT2D eigenvalue weighted by molar-refractivity contribution is -0.660. The van der Waals surface area contributed by atoms with Crippen molar-refractivity contribution in [1.82, 2.24) is 0 Å². The monoisotopic (exact) mass is 1280 g/mol. The summed E-state index contributed by atoms with van der Waals surface area (Å²) in [4.78, 5) is 0. The zero-order valence-electron chi connectivity index (χ0n) is 62.0. The molecule has 0 N–H and O–H groups in total. The van der Waals surface area contributed by atoms with Crippen molar-refractivity contribution in [1.29, 1.82) is 0 Å². The molecule has 0 atom stereocenters. The molecule has 4 nitrogen and oxygen atoms in total. The van der Waals surface area contributed by atoms with Gasteiger partial charge in [0.05, 0.1) is 22.3 Å². The van der Waals surface area contributed by atoms with Crippen LogP contribution in [0.3, 0.4) is 0 Å². The Kier molecular flexibility index (Phi) is 17.3. The number of fused-ring (bicyclic) bond motifs is 12. The standard InChI is InChI=1S/2C24H26N.2C23H24N/c1-6-17-10-9-11-18-22(17)23-19(24(18,3)4)14-13-16(2)21(23)20-12-7-8-15-25(20)5;1-6-17-11-13-19-18(15-17)23-20(24(19,3)4)12-10-16(2)22(23)21-9-7-8-14-25(21)5;1-15-12-13-18-21(20(15)19-11-6-7-14-24(19)5)17-10-8-9-16(2)22(17)23(18,3)4;1-15-9-11-17-19(14-15)23(3,4)18-12-10-16(2)21(22(17)18)20-8-6-7-13-24(20)5/h2*7-15H,6H2,1-5H3;2*6-14H,1-5H3/q4*+1. The van der Waals surface area contributed by atoms with Gasteiger partial charge in [-0.2, -0.15) is 0 Å². The fourth-order valence-electron chi connectivity index (χ4n) is 17.4. The predicted molar refractivity (Wildman–Crippen MR) is 410 cm³/mol. The minimum atomic E-state index is 0.0473. The van der Waals surface area contributed by atoms with Crippen molar-refractivity contribution >= 4 is 0 Å². The molecule has 0 unspecified atom stereocenters. The lowest BCUT2D eigenvalue weighted by atomic mass is 9.80. The third-order valence-electron chi connectivity index (χ3n) is 22.8. The van der Waals surface area contributed by atoms with E-state index in [0.29, 0.717) is 0 Å². The molecule has 0 saturated heterocycles. The molecule has 98 heavy (non-hydrogen) atoms. The van der Waals surface area contributed by atoms with Gasteiger partial charge in [-0.1, -0.05) is 196 Å². The molecule has 16 rings (SSSR count). The summed E-state index contributed by atoms with van der Waals surface area (Å²) < 4.78 is 8.92. The maximum Gasteiger partial charge on any atom is 0.213 e. The minimum Gasteiger partial charge on any atom is -0.201 e. The molecule has 492 valence electrons. The van der Waals surface area contributed by atoms with Crippen molar-refractivity contribution in [2.45, 2.75) is 145 Å². The van der Waals surface area contributed by atoms with Crippen molar-refractivity contribution in [2.24, 2.45) is 28.2 Å². The Bertz CT molecular complexity index is 5180. The Morgan fingerprint density at radius 2 is 0.653 bits per heavy atom. The number of aromatic nitrogens is 4. The van der Waals surface area contributed by atoms with E-state index in [-0.39, 0.29) is 21.7 Å². The van der Waals surface area contributed by atoms with Crippen LogP contribution >= 0.6 is 0 Å². The molecule has 0 amide bonds. The van der Waals surface area contributed by atoms with E-state index in [1.807, 2.05) is 0 Å². The molecule has 4 heteroatoms. The first-order valence-corrected chi connectivity index (χ1v) is 35.6. The highest BCUT2D eigenvalue weighted by Crippen LogP contribution is 2.57. The normalized spacial score (nSPS) is 14.3. The Balaban J connectivity index is 0.000000118. The lowest BCUT2D eigenvalue weighted by Crippen LogP contribution is -2.30. The summed E-state index contributed by atoms with van der Waals surface area (Å²) in [6.07, 6.45) is 10.7. The van der Waals surface area contributed by atoms with Crippen LogP contribution in [0, 0.1) is 41.5 Å². The van der Waals surface area contributed by atoms with Crippen LogP contribution in [0.1, 0.15) is 158 Å². The van der Waals surface area contributed by atoms with Gasteiger partial charge in [0, 0.05) is 92.4 Å². The topological polar surface area (TPSA) is 15.5 Å². The highest BCUT2D eigenvalue weighted by Gasteiger charge is 2.43. The van der Waals surface area contributed by atoms with Gasteiger partial charge >= 0.3 is 0 Å². The van der Waals surface area contributed by atoms with E-state index >= 15 is 0 Å². The average molecular weight is 1290 g/mol. The molecule has 4 aromatic heterocycles. The van der Waals surface area contributed by atoms with E-state index in [0.717, 1.165) is 12.8 Å². The van der Waals surface area contributed by atoms with Gasteiger partial charge < -0.3 is 0 Å². The van der Waals surface area contributed by atoms with Crippen LogP contribution in [0.25, 0.3) is 89.5 Å². The van der Waals surface area contributed by atoms with Crippen molar-refractivity contribution < 1.29 is 18.3 Å². The lowest BCUT2D eigenvalue weighted by Gasteiger charge is -2.23. The van der Waals surface area contributed by atoms with Crippen LogP contribution in [0.5, 0.6) is 0 Å². The molecule has 12 aromatic rings. The summed E-state index contributed by atoms with van der Waals surface area (Å²) in [7, 11) is 8.54. The molecule has 4 heterocycles. The van der Waals surface area contributed by atoms with Crippen LogP contribution < -0.4 is 18.3 Å². The van der Waals surface area contributed by atoms with E-state index in [1.165, 1.54) is 179 Å². The number of hydrogen-bond acceptors (Lipinski definition) is 0. The van der Waals surface area contributed by atoms with Crippen molar-refractivity contribution in [3.05, 3.63) is 308 Å². The van der Waals surface area contributed by atoms with Crippen molar-refractivity contribution in [3.8, 4) is 89.5 Å². The summed E-state index contributed by atoms with van der Waals surface area (Å²) in [5, 5.41) is 0. The van der Waals surface area contributed by atoms with Gasteiger partial charge in [0.2, 0.25) is 22.8 Å². The Labute approximate surface area is 585 Å². The van der Waals surface area contributed by atoms with Gasteiger partial charge in [-0.3, -0.25) is 0 Å². The molecule has 4 aliphatic carbocycles. The maximum absolute atomic E-state index is 2.41. The van der Waals surface area contributed by atoms with Crippen LogP contribution in [-0.4, -0.2) is 0 Å². The predicted octanol–water partition coefficient (Wildman–Crippen LogP) is 20.9. The molecule has 0 saturated carbocycles. The third kappa shape index (κ3) is 10.9. The van der Waals surface area contributed by atoms with Crippen LogP contribution in [0.2, 0.25) is 0 Å². The highest BCUT2D eigenvalue weighted by atomic mass is 14.9. The smallest absolute Gasteiger partial charge is 0.201 e. The number of rotatable bonds is 6. The summed E-state index contributed by atoms with van der Waals surface area (Å²) in [5.41, 5.74) is 44.7. The molecule has 0 fully saturated rings. The molecule has 0 aliphatic heterocycles. The fraction of sp³-hybridized carbons (Fsp3) is 0.277. The minimum absolute atomic E-state index is 0.0473. The zero-order valence-corrected chi connectivity index (χ0v) is 62.0. The zero-order chi connectivity index (χ0) is 69.7. The van der Waals surface area contributed by atoms with Crippen molar-refractivity contribution in [3.63, 3.8) is 0 Å². The summed E-state index contributed by atoms with van der Waals surface area (Å²) in [5.74, 6) is 0. The summed E-state index contributed by atoms with van der Waals surface area (Å²) in [6, 6.07) is 71.8. The number of aryl methyl sites for hydroxylation is 12. The second-order valence-corrected chi connectivity index (χ2v) is 30.5. The molecular formula is C94H100N4+4. The van der Waals surface area contributed by atoms with E-state index in [9.17, 15) is 0 Å². The van der Waals surface area contributed by atoms with Crippen LogP contribution in [0.4, 0.5) is 0 Å². The average Bonchev–Trinajstić information content (AvgIpc) is 1.58. The Morgan fingerprint density at radius 3 is 1.11 bits per heavy atom. The second-order valence-electron chi connectivity index (χ2n) is 30.5. The number of pyridine rings is 4. The van der Waals surface area contributed by atoms with Gasteiger partial charge in [-0.25, -0.2) is 18.3 Å². The largest absolute Gasteiger partial charge is 0.213 e. The van der Waals surface area contributed by atoms with Crippen molar-refractivity contribution in [2.75, 3.05) is 0 Å². The van der Waals surface area contributed by atoms with Gasteiger partial charge in [-0.05, 0) is 184 Å². The molecular weight excluding hydrogens is 1190 g/mol. The van der Waals surface area contributed by atoms with Gasteiger partial charge in [0.15, 0.2) is 24.8 Å². The van der Waals surface area contributed by atoms with Gasteiger partial charge in [0.1, 0.15) is 28.2 Å². The van der Waals surface area contributed by atoms with E-state index < -0.39 is 0 Å². The maximum atomic E-state index is 2.41. The molecule has 0 radical (unpaired) electrons. The molecule has 8 aromatic carbocycles. The Morgan fingerprint density at radius 1 is 0.265 bits per heavy atom. The van der Waals surface area contributed by atoms with Gasteiger partial charge in [-0.15, -0.1) is 0 Å². The van der Waals surface area contributed by atoms with Crippen LogP contribution in [-0.2, 0) is 62.7 Å². The first-order chi connectivity index (χ1) is 46.7. The van der Waals surface area contributed by atoms with E-state index in [1.54, 1.807) is 0 Å². The quantitative estimate of drug-likeness (QED) is 0.148. The highest BCUT2D eigenvalue weighted by molar-refractivity contribution is 5.97. The first-order valence-electron chi connectivity index (χ1n) is 35.6. The fourth-order valence-corrected chi connectivity index (χ4v) is 17.4. The molecule has 4 aliphatic rings. The van der Waals surface area contributed by atoms with E-state index in [2.05, 4.69) is 376 Å². The summed E-state index contributed by atoms with van der Waals surface area (Å²) >= 11 is 0. The molecule has 0 bridgehead atoms. The number of hydrogen-bond donors (Lipinski definition) is 0. The SMILES string of the molecule is CCc1ccc2c(c1)-c1c(ccc(C)c1-c1cccc[n+]1C)C2(C)C.CCc1cccc2c1-c1c(ccc(C)c1-c1cccc[n+]1C)C2(C)C.Cc1ccc2c(c1)C(C)(C)c1ccc(C)c(-c3cccc[n+]3C)c1-2.Cc1ccc2c(c1-c1cccc[n+]1C)-c1cccc(C)c1C2(C)C. The van der Waals surface area contributed by atoms with Gasteiger partial charge in [0.25, 0.3) is 0 Å². The summed E-state index contributed by atoms with van der Waals surface area (Å²) in [6.45, 7) is 36.7. The number of benzene rings is 8.